The van der Waals surface area contributed by atoms with E-state index < -0.39 is 18.8 Å². The Morgan fingerprint density at radius 3 is 2.33 bits per heavy atom. The summed E-state index contributed by atoms with van der Waals surface area (Å²) in [6.07, 6.45) is -4.96. The Labute approximate surface area is 88.3 Å². The number of aliphatic hydroxyl groups is 1. The molecule has 0 bridgehead atoms. The predicted octanol–water partition coefficient (Wildman–Crippen LogP) is 0.841. The van der Waals surface area contributed by atoms with E-state index in [0.717, 1.165) is 0 Å². The molecule has 1 atom stereocenters. The van der Waals surface area contributed by atoms with Crippen LogP contribution in [0.25, 0.3) is 0 Å². The Balaban J connectivity index is 3.87. The number of nitrogens with zero attached hydrogens (tertiary/aromatic N) is 1. The molecule has 0 aromatic carbocycles. The van der Waals surface area contributed by atoms with Gasteiger partial charge in [-0.1, -0.05) is 13.8 Å². The maximum absolute atomic E-state index is 12.1. The molecule has 92 valence electrons. The minimum atomic E-state index is -4.20. The molecule has 15 heavy (non-hydrogen) atoms. The normalized spacial score (nSPS) is 14.6. The maximum atomic E-state index is 12.1. The predicted molar refractivity (Wildman–Crippen MR) is 52.7 cm³/mol. The van der Waals surface area contributed by atoms with E-state index in [9.17, 15) is 18.3 Å². The third kappa shape index (κ3) is 8.65. The molecule has 0 fully saturated rings. The molecule has 0 radical (unpaired) electrons. The smallest absolute Gasteiger partial charge is 0.390 e. The van der Waals surface area contributed by atoms with Crippen LogP contribution in [0.1, 0.15) is 13.8 Å². The summed E-state index contributed by atoms with van der Waals surface area (Å²) in [4.78, 5) is 1.18. The summed E-state index contributed by atoms with van der Waals surface area (Å²) in [6, 6.07) is 0. The topological polar surface area (TPSA) is 35.5 Å². The van der Waals surface area contributed by atoms with Gasteiger partial charge in [-0.05, 0) is 13.1 Å². The van der Waals surface area contributed by atoms with Gasteiger partial charge in [-0.25, -0.2) is 0 Å². The number of hydrogen-bond acceptors (Lipinski definition) is 3. The molecule has 0 saturated carbocycles. The van der Waals surface area contributed by atoms with E-state index in [1.54, 1.807) is 6.92 Å². The SMILES string of the molecule is CCNCC(O)CN(CC)CC(F)(F)F. The van der Waals surface area contributed by atoms with E-state index >= 15 is 0 Å². The molecule has 3 nitrogen and oxygen atoms in total. The summed E-state index contributed by atoms with van der Waals surface area (Å²) in [5, 5.41) is 12.3. The fourth-order valence-corrected chi connectivity index (χ4v) is 1.23. The van der Waals surface area contributed by atoms with Crippen molar-refractivity contribution in [3.63, 3.8) is 0 Å². The highest BCUT2D eigenvalue weighted by Crippen LogP contribution is 2.16. The third-order valence-corrected chi connectivity index (χ3v) is 1.95. The summed E-state index contributed by atoms with van der Waals surface area (Å²) >= 11 is 0. The van der Waals surface area contributed by atoms with E-state index in [2.05, 4.69) is 5.32 Å². The third-order valence-electron chi connectivity index (χ3n) is 1.95. The number of halogens is 3. The van der Waals surface area contributed by atoms with Gasteiger partial charge in [0.25, 0.3) is 0 Å². The first-order valence-corrected chi connectivity index (χ1v) is 5.07. The number of nitrogens with one attached hydrogen (secondary N) is 1. The minimum Gasteiger partial charge on any atom is -0.390 e. The first-order valence-electron chi connectivity index (χ1n) is 5.07. The molecule has 0 aliphatic heterocycles. The summed E-state index contributed by atoms with van der Waals surface area (Å²) < 4.78 is 36.2. The Hall–Kier alpha value is -0.330. The van der Waals surface area contributed by atoms with Crippen molar-refractivity contribution < 1.29 is 18.3 Å². The standard InChI is InChI=1S/C9H19F3N2O/c1-3-13-5-8(15)6-14(4-2)7-9(10,11)12/h8,13,15H,3-7H2,1-2H3. The van der Waals surface area contributed by atoms with Gasteiger partial charge in [0.2, 0.25) is 0 Å². The zero-order valence-corrected chi connectivity index (χ0v) is 9.14. The molecule has 0 spiro atoms. The van der Waals surface area contributed by atoms with Gasteiger partial charge in [0, 0.05) is 13.1 Å². The number of likely N-dealkylation sites (N-methyl/N-ethyl adjacent to an activating group) is 2. The molecule has 1 unspecified atom stereocenters. The second-order valence-corrected chi connectivity index (χ2v) is 3.40. The lowest BCUT2D eigenvalue weighted by Gasteiger charge is -2.24. The monoisotopic (exact) mass is 228 g/mol. The van der Waals surface area contributed by atoms with Crippen molar-refractivity contribution >= 4 is 0 Å². The van der Waals surface area contributed by atoms with Crippen LogP contribution in [0.4, 0.5) is 13.2 Å². The van der Waals surface area contributed by atoms with Crippen LogP contribution in [-0.2, 0) is 0 Å². The number of hydrogen-bond donors (Lipinski definition) is 2. The van der Waals surface area contributed by atoms with Crippen molar-refractivity contribution in [2.75, 3.05) is 32.7 Å². The molecule has 0 aromatic rings. The highest BCUT2D eigenvalue weighted by Gasteiger charge is 2.30. The molecular weight excluding hydrogens is 209 g/mol. The van der Waals surface area contributed by atoms with Crippen LogP contribution in [-0.4, -0.2) is 55.0 Å². The maximum Gasteiger partial charge on any atom is 0.401 e. The molecule has 0 amide bonds. The van der Waals surface area contributed by atoms with Crippen LogP contribution < -0.4 is 5.32 Å². The fourth-order valence-electron chi connectivity index (χ4n) is 1.23. The molecular formula is C9H19F3N2O. The highest BCUT2D eigenvalue weighted by molar-refractivity contribution is 4.68. The first kappa shape index (κ1) is 14.7. The van der Waals surface area contributed by atoms with Crippen molar-refractivity contribution in [3.05, 3.63) is 0 Å². The fraction of sp³-hybridized carbons (Fsp3) is 1.00. The summed E-state index contributed by atoms with van der Waals surface area (Å²) in [5.41, 5.74) is 0. The summed E-state index contributed by atoms with van der Waals surface area (Å²) in [6.45, 7) is 3.90. The van der Waals surface area contributed by atoms with Gasteiger partial charge in [0.1, 0.15) is 0 Å². The van der Waals surface area contributed by atoms with E-state index in [1.807, 2.05) is 6.92 Å². The first-order chi connectivity index (χ1) is 6.89. The lowest BCUT2D eigenvalue weighted by atomic mass is 10.3. The van der Waals surface area contributed by atoms with Crippen molar-refractivity contribution in [2.24, 2.45) is 0 Å². The number of alkyl halides is 3. The van der Waals surface area contributed by atoms with E-state index in [1.165, 1.54) is 4.90 Å². The van der Waals surface area contributed by atoms with Gasteiger partial charge in [-0.3, -0.25) is 4.90 Å². The molecule has 0 aliphatic rings. The van der Waals surface area contributed by atoms with Crippen molar-refractivity contribution in [2.45, 2.75) is 26.1 Å². The van der Waals surface area contributed by atoms with E-state index in [-0.39, 0.29) is 13.1 Å². The van der Waals surface area contributed by atoms with Gasteiger partial charge < -0.3 is 10.4 Å². The van der Waals surface area contributed by atoms with Crippen molar-refractivity contribution in [3.8, 4) is 0 Å². The van der Waals surface area contributed by atoms with Crippen LogP contribution in [0.5, 0.6) is 0 Å². The zero-order chi connectivity index (χ0) is 11.9. The van der Waals surface area contributed by atoms with Gasteiger partial charge in [0.05, 0.1) is 12.6 Å². The average molecular weight is 228 g/mol. The second-order valence-electron chi connectivity index (χ2n) is 3.40. The van der Waals surface area contributed by atoms with Crippen LogP contribution in [0.2, 0.25) is 0 Å². The molecule has 0 aliphatic carbocycles. The zero-order valence-electron chi connectivity index (χ0n) is 9.14. The Bertz CT molecular complexity index is 164. The molecule has 6 heteroatoms. The minimum absolute atomic E-state index is 0.0447. The molecule has 0 heterocycles. The highest BCUT2D eigenvalue weighted by atomic mass is 19.4. The van der Waals surface area contributed by atoms with Gasteiger partial charge >= 0.3 is 6.18 Å². The van der Waals surface area contributed by atoms with Crippen molar-refractivity contribution in [1.29, 1.82) is 0 Å². The number of aliphatic hydroxyl groups excluding tert-OH is 1. The summed E-state index contributed by atoms with van der Waals surface area (Å²) in [5.74, 6) is 0. The van der Waals surface area contributed by atoms with Crippen LogP contribution in [0, 0.1) is 0 Å². The largest absolute Gasteiger partial charge is 0.401 e. The molecule has 0 rings (SSSR count). The van der Waals surface area contributed by atoms with Crippen LogP contribution >= 0.6 is 0 Å². The lowest BCUT2D eigenvalue weighted by Crippen LogP contribution is -2.42. The quantitative estimate of drug-likeness (QED) is 0.678. The van der Waals surface area contributed by atoms with Crippen molar-refractivity contribution in [1.82, 2.24) is 10.2 Å². The number of rotatable bonds is 7. The van der Waals surface area contributed by atoms with E-state index in [0.29, 0.717) is 13.1 Å². The van der Waals surface area contributed by atoms with Gasteiger partial charge in [-0.15, -0.1) is 0 Å². The van der Waals surface area contributed by atoms with E-state index in [4.69, 9.17) is 0 Å². The molecule has 2 N–H and O–H groups in total. The molecule has 0 saturated heterocycles. The van der Waals surface area contributed by atoms with Gasteiger partial charge in [0.15, 0.2) is 0 Å². The van der Waals surface area contributed by atoms with Gasteiger partial charge in [-0.2, -0.15) is 13.2 Å². The average Bonchev–Trinajstić information content (AvgIpc) is 2.11. The Kier molecular flexibility index (Phi) is 6.87. The van der Waals surface area contributed by atoms with Crippen LogP contribution in [0.3, 0.4) is 0 Å². The second kappa shape index (κ2) is 7.03. The summed E-state index contributed by atoms with van der Waals surface area (Å²) in [7, 11) is 0. The molecule has 0 aromatic heterocycles. The Morgan fingerprint density at radius 2 is 1.93 bits per heavy atom. The lowest BCUT2D eigenvalue weighted by molar-refractivity contribution is -0.147. The van der Waals surface area contributed by atoms with Crippen LogP contribution in [0.15, 0.2) is 0 Å². The Morgan fingerprint density at radius 1 is 1.33 bits per heavy atom.